The first-order chi connectivity index (χ1) is 8.01. The fourth-order valence-electron chi connectivity index (χ4n) is 1.52. The first-order valence-electron chi connectivity index (χ1n) is 5.48. The van der Waals surface area contributed by atoms with Crippen LogP contribution in [0.3, 0.4) is 0 Å². The summed E-state index contributed by atoms with van der Waals surface area (Å²) in [6.45, 7) is 2.13. The second-order valence-electron chi connectivity index (χ2n) is 3.77. The van der Waals surface area contributed by atoms with Crippen molar-refractivity contribution in [2.45, 2.75) is 30.7 Å². The van der Waals surface area contributed by atoms with E-state index in [1.807, 2.05) is 6.92 Å². The van der Waals surface area contributed by atoms with E-state index in [4.69, 9.17) is 5.73 Å². The molecule has 0 spiro atoms. The van der Waals surface area contributed by atoms with Gasteiger partial charge >= 0.3 is 0 Å². The van der Waals surface area contributed by atoms with Crippen LogP contribution in [0.5, 0.6) is 0 Å². The number of nitrogens with one attached hydrogen (secondary N) is 1. The van der Waals surface area contributed by atoms with Gasteiger partial charge in [-0.25, -0.2) is 17.5 Å². The molecule has 0 aromatic heterocycles. The Morgan fingerprint density at radius 1 is 1.41 bits per heavy atom. The van der Waals surface area contributed by atoms with E-state index in [0.29, 0.717) is 6.42 Å². The Morgan fingerprint density at radius 3 is 2.59 bits per heavy atom. The van der Waals surface area contributed by atoms with Crippen LogP contribution in [0.1, 0.15) is 19.8 Å². The molecule has 0 bridgehead atoms. The van der Waals surface area contributed by atoms with Crippen molar-refractivity contribution in [1.29, 1.82) is 0 Å². The highest BCUT2D eigenvalue weighted by molar-refractivity contribution is 7.89. The SMILES string of the molecule is CCCC(CN)NS(=O)(=O)c1ccccc1F. The quantitative estimate of drug-likeness (QED) is 0.808. The molecule has 0 amide bonds. The molecule has 0 aliphatic carbocycles. The molecule has 0 radical (unpaired) electrons. The van der Waals surface area contributed by atoms with Gasteiger partial charge < -0.3 is 5.73 Å². The molecule has 1 unspecified atom stereocenters. The van der Waals surface area contributed by atoms with Crippen molar-refractivity contribution in [2.75, 3.05) is 6.54 Å². The van der Waals surface area contributed by atoms with Crippen molar-refractivity contribution in [1.82, 2.24) is 4.72 Å². The number of rotatable bonds is 6. The predicted molar refractivity (Wildman–Crippen MR) is 64.5 cm³/mol. The van der Waals surface area contributed by atoms with Crippen LogP contribution in [0.15, 0.2) is 29.2 Å². The molecule has 1 atom stereocenters. The van der Waals surface area contributed by atoms with Gasteiger partial charge in [-0.15, -0.1) is 0 Å². The summed E-state index contributed by atoms with van der Waals surface area (Å²) in [7, 11) is -3.83. The van der Waals surface area contributed by atoms with Gasteiger partial charge in [0.15, 0.2) is 0 Å². The van der Waals surface area contributed by atoms with Gasteiger partial charge in [0.1, 0.15) is 10.7 Å². The summed E-state index contributed by atoms with van der Waals surface area (Å²) in [6, 6.07) is 4.92. The second-order valence-corrected chi connectivity index (χ2v) is 5.46. The fourth-order valence-corrected chi connectivity index (χ4v) is 2.88. The number of sulfonamides is 1. The first-order valence-corrected chi connectivity index (χ1v) is 6.96. The van der Waals surface area contributed by atoms with E-state index in [9.17, 15) is 12.8 Å². The van der Waals surface area contributed by atoms with Crippen LogP contribution in [-0.4, -0.2) is 21.0 Å². The van der Waals surface area contributed by atoms with E-state index in [2.05, 4.69) is 4.72 Å². The van der Waals surface area contributed by atoms with E-state index in [-0.39, 0.29) is 17.5 Å². The lowest BCUT2D eigenvalue weighted by Gasteiger charge is -2.16. The van der Waals surface area contributed by atoms with Crippen LogP contribution >= 0.6 is 0 Å². The summed E-state index contributed by atoms with van der Waals surface area (Å²) in [6.07, 6.45) is 1.44. The topological polar surface area (TPSA) is 72.2 Å². The summed E-state index contributed by atoms with van der Waals surface area (Å²) in [5, 5.41) is 0. The molecule has 1 aromatic carbocycles. The van der Waals surface area contributed by atoms with Gasteiger partial charge in [-0.2, -0.15) is 0 Å². The normalized spacial score (nSPS) is 13.6. The Labute approximate surface area is 101 Å². The van der Waals surface area contributed by atoms with Crippen molar-refractivity contribution in [2.24, 2.45) is 5.73 Å². The molecule has 0 saturated heterocycles. The van der Waals surface area contributed by atoms with E-state index < -0.39 is 15.8 Å². The molecule has 0 aliphatic heterocycles. The molecule has 1 aromatic rings. The van der Waals surface area contributed by atoms with Gasteiger partial charge in [-0.3, -0.25) is 0 Å². The number of nitrogens with two attached hydrogens (primary N) is 1. The van der Waals surface area contributed by atoms with Crippen molar-refractivity contribution >= 4 is 10.0 Å². The number of hydrogen-bond donors (Lipinski definition) is 2. The lowest BCUT2D eigenvalue weighted by Crippen LogP contribution is -2.40. The average molecular weight is 260 g/mol. The Morgan fingerprint density at radius 2 is 2.06 bits per heavy atom. The van der Waals surface area contributed by atoms with Gasteiger partial charge in [-0.1, -0.05) is 25.5 Å². The molecular weight excluding hydrogens is 243 g/mol. The molecule has 0 fully saturated rings. The van der Waals surface area contributed by atoms with Gasteiger partial charge in [0.25, 0.3) is 0 Å². The molecule has 6 heteroatoms. The molecule has 0 heterocycles. The van der Waals surface area contributed by atoms with Crippen LogP contribution < -0.4 is 10.5 Å². The zero-order valence-corrected chi connectivity index (χ0v) is 10.5. The van der Waals surface area contributed by atoms with Crippen LogP contribution in [-0.2, 0) is 10.0 Å². The molecule has 0 aliphatic rings. The molecule has 3 N–H and O–H groups in total. The zero-order valence-electron chi connectivity index (χ0n) is 9.69. The Balaban J connectivity index is 2.92. The van der Waals surface area contributed by atoms with E-state index in [1.165, 1.54) is 18.2 Å². The molecule has 1 rings (SSSR count). The van der Waals surface area contributed by atoms with E-state index in [1.54, 1.807) is 0 Å². The summed E-state index contributed by atoms with van der Waals surface area (Å²) in [5.74, 6) is -0.757. The largest absolute Gasteiger partial charge is 0.329 e. The van der Waals surface area contributed by atoms with Crippen molar-refractivity contribution in [3.05, 3.63) is 30.1 Å². The molecule has 4 nitrogen and oxygen atoms in total. The third-order valence-corrected chi connectivity index (χ3v) is 3.92. The highest BCUT2D eigenvalue weighted by Gasteiger charge is 2.21. The second kappa shape index (κ2) is 6.09. The monoisotopic (exact) mass is 260 g/mol. The number of hydrogen-bond acceptors (Lipinski definition) is 3. The third kappa shape index (κ3) is 3.76. The molecule has 0 saturated carbocycles. The zero-order chi connectivity index (χ0) is 12.9. The van der Waals surface area contributed by atoms with Crippen molar-refractivity contribution in [3.63, 3.8) is 0 Å². The minimum Gasteiger partial charge on any atom is -0.329 e. The maximum atomic E-state index is 13.4. The van der Waals surface area contributed by atoms with E-state index in [0.717, 1.165) is 12.5 Å². The smallest absolute Gasteiger partial charge is 0.243 e. The molecule has 17 heavy (non-hydrogen) atoms. The summed E-state index contributed by atoms with van der Waals surface area (Å²) < 4.78 is 39.6. The summed E-state index contributed by atoms with van der Waals surface area (Å²) in [5.41, 5.74) is 5.46. The first kappa shape index (κ1) is 14.1. The standard InChI is InChI=1S/C11H17FN2O2S/c1-2-5-9(8-13)14-17(15,16)11-7-4-3-6-10(11)12/h3-4,6-7,9,14H,2,5,8,13H2,1H3. The number of benzene rings is 1. The van der Waals surface area contributed by atoms with Gasteiger partial charge in [0.2, 0.25) is 10.0 Å². The minimum atomic E-state index is -3.83. The van der Waals surface area contributed by atoms with Crippen LogP contribution in [0.4, 0.5) is 4.39 Å². The Kier molecular flexibility index (Phi) is 5.04. The van der Waals surface area contributed by atoms with Gasteiger partial charge in [0.05, 0.1) is 0 Å². The lowest BCUT2D eigenvalue weighted by atomic mass is 10.2. The highest BCUT2D eigenvalue weighted by Crippen LogP contribution is 2.14. The molecule has 96 valence electrons. The van der Waals surface area contributed by atoms with E-state index >= 15 is 0 Å². The average Bonchev–Trinajstić information content (AvgIpc) is 2.28. The predicted octanol–water partition coefficient (Wildman–Crippen LogP) is 1.23. The van der Waals surface area contributed by atoms with Crippen molar-refractivity contribution in [3.8, 4) is 0 Å². The Bertz CT molecular complexity index is 462. The van der Waals surface area contributed by atoms with Gasteiger partial charge in [0, 0.05) is 12.6 Å². The maximum Gasteiger partial charge on any atom is 0.243 e. The summed E-state index contributed by atoms with van der Waals surface area (Å²) >= 11 is 0. The van der Waals surface area contributed by atoms with Crippen molar-refractivity contribution < 1.29 is 12.8 Å². The third-order valence-electron chi connectivity index (χ3n) is 2.37. The van der Waals surface area contributed by atoms with Gasteiger partial charge in [-0.05, 0) is 18.6 Å². The lowest BCUT2D eigenvalue weighted by molar-refractivity contribution is 0.518. The fraction of sp³-hybridized carbons (Fsp3) is 0.455. The maximum absolute atomic E-state index is 13.4. The highest BCUT2D eigenvalue weighted by atomic mass is 32.2. The van der Waals surface area contributed by atoms with Crippen LogP contribution in [0.25, 0.3) is 0 Å². The molecular formula is C11H17FN2O2S. The summed E-state index contributed by atoms with van der Waals surface area (Å²) in [4.78, 5) is -0.338. The van der Waals surface area contributed by atoms with Crippen LogP contribution in [0, 0.1) is 5.82 Å². The minimum absolute atomic E-state index is 0.196. The Hall–Kier alpha value is -0.980. The number of halogens is 1. The van der Waals surface area contributed by atoms with Crippen LogP contribution in [0.2, 0.25) is 0 Å².